The van der Waals surface area contributed by atoms with Gasteiger partial charge in [0.25, 0.3) is 5.69 Å². The van der Waals surface area contributed by atoms with E-state index < -0.39 is 4.92 Å². The second-order valence-electron chi connectivity index (χ2n) is 4.46. The van der Waals surface area contributed by atoms with Crippen molar-refractivity contribution < 1.29 is 14.4 Å². The number of ether oxygens (including phenoxy) is 2. The van der Waals surface area contributed by atoms with E-state index in [9.17, 15) is 10.1 Å². The molecule has 2 aromatic rings. The lowest BCUT2D eigenvalue weighted by molar-refractivity contribution is -0.385. The molecule has 0 saturated heterocycles. The highest BCUT2D eigenvalue weighted by atomic mass is 79.9. The fourth-order valence-electron chi connectivity index (χ4n) is 2.02. The van der Waals surface area contributed by atoms with Crippen molar-refractivity contribution in [2.75, 3.05) is 12.1 Å². The van der Waals surface area contributed by atoms with Crippen molar-refractivity contribution >= 4 is 27.3 Å². The van der Waals surface area contributed by atoms with Crippen LogP contribution in [-0.4, -0.2) is 11.7 Å². The average molecular weight is 351 g/mol. The molecule has 1 aliphatic rings. The highest BCUT2D eigenvalue weighted by Gasteiger charge is 2.14. The first-order valence-corrected chi connectivity index (χ1v) is 6.99. The zero-order valence-electron chi connectivity index (χ0n) is 10.8. The van der Waals surface area contributed by atoms with Crippen LogP contribution in [0.4, 0.5) is 11.4 Å². The summed E-state index contributed by atoms with van der Waals surface area (Å²) in [5.41, 5.74) is 1.74. The number of benzene rings is 2. The first-order valence-electron chi connectivity index (χ1n) is 6.20. The standard InChI is InChI=1S/C14H11BrN2O4/c15-11-3-1-9(5-12(11)17(18)19)7-16-10-2-4-13-14(6-10)21-8-20-13/h1-6,16H,7-8H2. The molecule has 6 nitrogen and oxygen atoms in total. The van der Waals surface area contributed by atoms with Crippen LogP contribution in [0.2, 0.25) is 0 Å². The Labute approximate surface area is 129 Å². The Kier molecular flexibility index (Phi) is 3.66. The average Bonchev–Trinajstić information content (AvgIpc) is 2.93. The lowest BCUT2D eigenvalue weighted by Gasteiger charge is -2.08. The molecule has 0 fully saturated rings. The highest BCUT2D eigenvalue weighted by Crippen LogP contribution is 2.34. The molecule has 0 saturated carbocycles. The van der Waals surface area contributed by atoms with Crippen molar-refractivity contribution in [2.24, 2.45) is 0 Å². The van der Waals surface area contributed by atoms with E-state index >= 15 is 0 Å². The van der Waals surface area contributed by atoms with Gasteiger partial charge in [-0.1, -0.05) is 6.07 Å². The van der Waals surface area contributed by atoms with Crippen molar-refractivity contribution in [3.63, 3.8) is 0 Å². The van der Waals surface area contributed by atoms with E-state index in [-0.39, 0.29) is 12.5 Å². The molecule has 7 heteroatoms. The molecule has 1 heterocycles. The summed E-state index contributed by atoms with van der Waals surface area (Å²) in [7, 11) is 0. The van der Waals surface area contributed by atoms with Crippen LogP contribution in [-0.2, 0) is 6.54 Å². The third kappa shape index (κ3) is 2.92. The molecule has 0 aromatic heterocycles. The van der Waals surface area contributed by atoms with Crippen LogP contribution >= 0.6 is 15.9 Å². The predicted octanol–water partition coefficient (Wildman–Crippen LogP) is 3.70. The van der Waals surface area contributed by atoms with Crippen LogP contribution < -0.4 is 14.8 Å². The molecule has 0 amide bonds. The summed E-state index contributed by atoms with van der Waals surface area (Å²) in [6.45, 7) is 0.714. The Hall–Kier alpha value is -2.28. The first-order chi connectivity index (χ1) is 10.1. The smallest absolute Gasteiger partial charge is 0.283 e. The van der Waals surface area contributed by atoms with Crippen LogP contribution in [0.3, 0.4) is 0 Å². The van der Waals surface area contributed by atoms with E-state index in [1.54, 1.807) is 12.1 Å². The van der Waals surface area contributed by atoms with E-state index in [0.29, 0.717) is 16.8 Å². The molecule has 0 unspecified atom stereocenters. The van der Waals surface area contributed by atoms with Gasteiger partial charge < -0.3 is 14.8 Å². The van der Waals surface area contributed by atoms with Gasteiger partial charge in [0.05, 0.1) is 9.40 Å². The zero-order valence-corrected chi connectivity index (χ0v) is 12.4. The summed E-state index contributed by atoms with van der Waals surface area (Å²) in [5, 5.41) is 14.1. The largest absolute Gasteiger partial charge is 0.454 e. The van der Waals surface area contributed by atoms with Crippen LogP contribution in [0.25, 0.3) is 0 Å². The van der Waals surface area contributed by atoms with Gasteiger partial charge in [-0.3, -0.25) is 10.1 Å². The Balaban J connectivity index is 1.73. The van der Waals surface area contributed by atoms with Crippen LogP contribution in [0.15, 0.2) is 40.9 Å². The molecular formula is C14H11BrN2O4. The maximum atomic E-state index is 10.9. The van der Waals surface area contributed by atoms with Crippen LogP contribution in [0.5, 0.6) is 11.5 Å². The fourth-order valence-corrected chi connectivity index (χ4v) is 2.41. The summed E-state index contributed by atoms with van der Waals surface area (Å²) in [6.07, 6.45) is 0. The summed E-state index contributed by atoms with van der Waals surface area (Å²) in [5.74, 6) is 1.42. The number of hydrogen-bond acceptors (Lipinski definition) is 5. The molecule has 1 aliphatic heterocycles. The van der Waals surface area contributed by atoms with E-state index in [0.717, 1.165) is 17.0 Å². The van der Waals surface area contributed by atoms with Gasteiger partial charge in [-0.05, 0) is 39.7 Å². The number of anilines is 1. The van der Waals surface area contributed by atoms with E-state index in [1.165, 1.54) is 0 Å². The third-order valence-corrected chi connectivity index (χ3v) is 3.75. The van der Waals surface area contributed by atoms with Crippen molar-refractivity contribution in [3.05, 3.63) is 56.5 Å². The number of rotatable bonds is 4. The van der Waals surface area contributed by atoms with Gasteiger partial charge in [0.15, 0.2) is 11.5 Å². The molecule has 2 aromatic carbocycles. The van der Waals surface area contributed by atoms with Crippen molar-refractivity contribution in [1.82, 2.24) is 0 Å². The number of nitrogens with one attached hydrogen (secondary N) is 1. The normalized spacial score (nSPS) is 12.2. The minimum absolute atomic E-state index is 0.0555. The van der Waals surface area contributed by atoms with Crippen molar-refractivity contribution in [2.45, 2.75) is 6.54 Å². The van der Waals surface area contributed by atoms with Gasteiger partial charge in [0.1, 0.15) is 0 Å². The molecule has 3 rings (SSSR count). The molecule has 0 radical (unpaired) electrons. The predicted molar refractivity (Wildman–Crippen MR) is 80.7 cm³/mol. The number of hydrogen-bond donors (Lipinski definition) is 1. The lowest BCUT2D eigenvalue weighted by atomic mass is 10.2. The van der Waals surface area contributed by atoms with Gasteiger partial charge in [0.2, 0.25) is 6.79 Å². The van der Waals surface area contributed by atoms with Gasteiger partial charge in [0, 0.05) is 24.4 Å². The third-order valence-electron chi connectivity index (χ3n) is 3.08. The van der Waals surface area contributed by atoms with Gasteiger partial charge in [-0.15, -0.1) is 0 Å². The minimum atomic E-state index is -0.409. The topological polar surface area (TPSA) is 73.6 Å². The molecule has 108 valence electrons. The Morgan fingerprint density at radius 1 is 1.19 bits per heavy atom. The lowest BCUT2D eigenvalue weighted by Crippen LogP contribution is -2.00. The number of nitrogens with zero attached hydrogens (tertiary/aromatic N) is 1. The monoisotopic (exact) mass is 350 g/mol. The quantitative estimate of drug-likeness (QED) is 0.672. The second-order valence-corrected chi connectivity index (χ2v) is 5.32. The van der Waals surface area contributed by atoms with Gasteiger partial charge >= 0.3 is 0 Å². The molecule has 0 aliphatic carbocycles. The number of fused-ring (bicyclic) bond motifs is 1. The first kappa shape index (κ1) is 13.7. The second kappa shape index (κ2) is 5.61. The van der Waals surface area contributed by atoms with Gasteiger partial charge in [-0.2, -0.15) is 0 Å². The van der Waals surface area contributed by atoms with Crippen LogP contribution in [0.1, 0.15) is 5.56 Å². The van der Waals surface area contributed by atoms with Crippen molar-refractivity contribution in [1.29, 1.82) is 0 Å². The summed E-state index contributed by atoms with van der Waals surface area (Å²) in [4.78, 5) is 10.5. The molecule has 21 heavy (non-hydrogen) atoms. The SMILES string of the molecule is O=[N+]([O-])c1cc(CNc2ccc3c(c2)OCO3)ccc1Br. The van der Waals surface area contributed by atoms with E-state index in [4.69, 9.17) is 9.47 Å². The Bertz CT molecular complexity index is 705. The van der Waals surface area contributed by atoms with Crippen LogP contribution in [0, 0.1) is 10.1 Å². The summed E-state index contributed by atoms with van der Waals surface area (Å²) < 4.78 is 11.0. The zero-order chi connectivity index (χ0) is 14.8. The van der Waals surface area contributed by atoms with E-state index in [1.807, 2.05) is 24.3 Å². The summed E-state index contributed by atoms with van der Waals surface area (Å²) in [6, 6.07) is 10.6. The maximum absolute atomic E-state index is 10.9. The summed E-state index contributed by atoms with van der Waals surface area (Å²) >= 11 is 3.17. The number of nitro benzene ring substituents is 1. The van der Waals surface area contributed by atoms with Gasteiger partial charge in [-0.25, -0.2) is 0 Å². The Morgan fingerprint density at radius 3 is 2.81 bits per heavy atom. The molecular weight excluding hydrogens is 340 g/mol. The number of nitro groups is 1. The minimum Gasteiger partial charge on any atom is -0.454 e. The number of halogens is 1. The highest BCUT2D eigenvalue weighted by molar-refractivity contribution is 9.10. The molecule has 0 bridgehead atoms. The fraction of sp³-hybridized carbons (Fsp3) is 0.143. The van der Waals surface area contributed by atoms with E-state index in [2.05, 4.69) is 21.2 Å². The van der Waals surface area contributed by atoms with Crippen molar-refractivity contribution in [3.8, 4) is 11.5 Å². The maximum Gasteiger partial charge on any atom is 0.283 e. The Morgan fingerprint density at radius 2 is 2.00 bits per heavy atom. The molecule has 1 N–H and O–H groups in total. The molecule has 0 spiro atoms. The molecule has 0 atom stereocenters.